The first-order chi connectivity index (χ1) is 8.75. The first kappa shape index (κ1) is 13.8. The minimum Gasteiger partial charge on any atom is -0.391 e. The molecule has 2 rings (SSSR count). The molecule has 1 amide bonds. The standard InChI is InChI=1S/C14H26N2O2/c17-13-10-15-8-12(13)9-16-14(18)7-6-11-4-2-1-3-5-11/h11-13,15,17H,1-10H2,(H,16,18). The highest BCUT2D eigenvalue weighted by atomic mass is 16.3. The normalized spacial score (nSPS) is 29.4. The maximum Gasteiger partial charge on any atom is 0.220 e. The topological polar surface area (TPSA) is 61.4 Å². The number of aliphatic hydroxyl groups excluding tert-OH is 1. The van der Waals surface area contributed by atoms with Gasteiger partial charge in [-0.2, -0.15) is 0 Å². The van der Waals surface area contributed by atoms with E-state index in [0.29, 0.717) is 19.5 Å². The molecule has 0 aromatic heterocycles. The van der Waals surface area contributed by atoms with E-state index < -0.39 is 0 Å². The largest absolute Gasteiger partial charge is 0.391 e. The van der Waals surface area contributed by atoms with Crippen LogP contribution in [0, 0.1) is 11.8 Å². The second-order valence-electron chi connectivity index (χ2n) is 5.83. The summed E-state index contributed by atoms with van der Waals surface area (Å²) < 4.78 is 0. The van der Waals surface area contributed by atoms with E-state index in [1.54, 1.807) is 0 Å². The van der Waals surface area contributed by atoms with Crippen LogP contribution in [-0.4, -0.2) is 36.8 Å². The van der Waals surface area contributed by atoms with Crippen LogP contribution in [-0.2, 0) is 4.79 Å². The van der Waals surface area contributed by atoms with Crippen LogP contribution < -0.4 is 10.6 Å². The Morgan fingerprint density at radius 1 is 1.22 bits per heavy atom. The van der Waals surface area contributed by atoms with Gasteiger partial charge in [0.1, 0.15) is 0 Å². The Kier molecular flexibility index (Phi) is 5.45. The van der Waals surface area contributed by atoms with Gasteiger partial charge in [0.05, 0.1) is 6.10 Å². The van der Waals surface area contributed by atoms with E-state index >= 15 is 0 Å². The van der Waals surface area contributed by atoms with Gasteiger partial charge in [-0.05, 0) is 12.3 Å². The number of amides is 1. The molecule has 3 N–H and O–H groups in total. The molecule has 1 saturated heterocycles. The lowest BCUT2D eigenvalue weighted by atomic mass is 9.86. The van der Waals surface area contributed by atoms with Crippen molar-refractivity contribution in [1.82, 2.24) is 10.6 Å². The second-order valence-corrected chi connectivity index (χ2v) is 5.83. The van der Waals surface area contributed by atoms with E-state index in [2.05, 4.69) is 10.6 Å². The predicted octanol–water partition coefficient (Wildman–Crippen LogP) is 1.04. The van der Waals surface area contributed by atoms with Crippen LogP contribution in [0.25, 0.3) is 0 Å². The van der Waals surface area contributed by atoms with Crippen molar-refractivity contribution < 1.29 is 9.90 Å². The zero-order chi connectivity index (χ0) is 12.8. The number of hydrogen-bond donors (Lipinski definition) is 3. The molecule has 104 valence electrons. The monoisotopic (exact) mass is 254 g/mol. The SMILES string of the molecule is O=C(CCC1CCCCC1)NCC1CNCC1O. The fraction of sp³-hybridized carbons (Fsp3) is 0.929. The molecule has 1 heterocycles. The molecule has 2 unspecified atom stereocenters. The van der Waals surface area contributed by atoms with Gasteiger partial charge in [0, 0.05) is 32.0 Å². The van der Waals surface area contributed by atoms with E-state index in [4.69, 9.17) is 0 Å². The molecule has 2 aliphatic rings. The van der Waals surface area contributed by atoms with Crippen LogP contribution in [0.2, 0.25) is 0 Å². The summed E-state index contributed by atoms with van der Waals surface area (Å²) in [6.07, 6.45) is 8.05. The van der Waals surface area contributed by atoms with Crippen LogP contribution in [0.3, 0.4) is 0 Å². The molecule has 1 aliphatic carbocycles. The van der Waals surface area contributed by atoms with Crippen molar-refractivity contribution in [3.05, 3.63) is 0 Å². The third kappa shape index (κ3) is 4.25. The van der Waals surface area contributed by atoms with E-state index in [1.165, 1.54) is 32.1 Å². The van der Waals surface area contributed by atoms with Crippen molar-refractivity contribution in [2.24, 2.45) is 11.8 Å². The molecule has 4 heteroatoms. The molecule has 0 radical (unpaired) electrons. The molecule has 18 heavy (non-hydrogen) atoms. The lowest BCUT2D eigenvalue weighted by Crippen LogP contribution is -2.34. The van der Waals surface area contributed by atoms with Crippen molar-refractivity contribution in [3.63, 3.8) is 0 Å². The molecule has 2 fully saturated rings. The van der Waals surface area contributed by atoms with Gasteiger partial charge < -0.3 is 15.7 Å². The van der Waals surface area contributed by atoms with Gasteiger partial charge in [-0.25, -0.2) is 0 Å². The molecule has 0 bridgehead atoms. The van der Waals surface area contributed by atoms with E-state index in [-0.39, 0.29) is 17.9 Å². The maximum atomic E-state index is 11.7. The first-order valence-electron chi connectivity index (χ1n) is 7.41. The number of carbonyl (C=O) groups excluding carboxylic acids is 1. The number of rotatable bonds is 5. The number of β-amino-alcohol motifs (C(OH)–C–C–N with tert-alkyl or cyclic N) is 1. The molecule has 1 saturated carbocycles. The van der Waals surface area contributed by atoms with Crippen molar-refractivity contribution in [1.29, 1.82) is 0 Å². The Balaban J connectivity index is 1.57. The highest BCUT2D eigenvalue weighted by Crippen LogP contribution is 2.27. The van der Waals surface area contributed by atoms with Crippen LogP contribution >= 0.6 is 0 Å². The summed E-state index contributed by atoms with van der Waals surface area (Å²) >= 11 is 0. The van der Waals surface area contributed by atoms with Crippen molar-refractivity contribution in [3.8, 4) is 0 Å². The summed E-state index contributed by atoms with van der Waals surface area (Å²) in [6.45, 7) is 2.07. The highest BCUT2D eigenvalue weighted by Gasteiger charge is 2.25. The Hall–Kier alpha value is -0.610. The smallest absolute Gasteiger partial charge is 0.220 e. The van der Waals surface area contributed by atoms with E-state index in [1.807, 2.05) is 0 Å². The first-order valence-corrected chi connectivity index (χ1v) is 7.41. The van der Waals surface area contributed by atoms with Crippen molar-refractivity contribution in [2.45, 2.75) is 51.0 Å². The summed E-state index contributed by atoms with van der Waals surface area (Å²) in [5.74, 6) is 1.10. The van der Waals surface area contributed by atoms with Crippen LogP contribution in [0.5, 0.6) is 0 Å². The Labute approximate surface area is 110 Å². The lowest BCUT2D eigenvalue weighted by molar-refractivity contribution is -0.121. The molecular formula is C14H26N2O2. The summed E-state index contributed by atoms with van der Waals surface area (Å²) in [5.41, 5.74) is 0. The molecular weight excluding hydrogens is 228 g/mol. The van der Waals surface area contributed by atoms with Gasteiger partial charge in [0.15, 0.2) is 0 Å². The number of carbonyl (C=O) groups is 1. The van der Waals surface area contributed by atoms with Gasteiger partial charge in [-0.1, -0.05) is 32.1 Å². The van der Waals surface area contributed by atoms with Crippen LogP contribution in [0.1, 0.15) is 44.9 Å². The quantitative estimate of drug-likeness (QED) is 0.687. The van der Waals surface area contributed by atoms with Gasteiger partial charge in [0.25, 0.3) is 0 Å². The minimum absolute atomic E-state index is 0.152. The average molecular weight is 254 g/mol. The van der Waals surface area contributed by atoms with Gasteiger partial charge in [-0.3, -0.25) is 4.79 Å². The van der Waals surface area contributed by atoms with Crippen molar-refractivity contribution in [2.75, 3.05) is 19.6 Å². The zero-order valence-corrected chi connectivity index (χ0v) is 11.2. The highest BCUT2D eigenvalue weighted by molar-refractivity contribution is 5.75. The van der Waals surface area contributed by atoms with Gasteiger partial charge in [-0.15, -0.1) is 0 Å². The Morgan fingerprint density at radius 3 is 2.67 bits per heavy atom. The van der Waals surface area contributed by atoms with E-state index in [9.17, 15) is 9.90 Å². The van der Waals surface area contributed by atoms with Gasteiger partial charge >= 0.3 is 0 Å². The van der Waals surface area contributed by atoms with Crippen LogP contribution in [0.15, 0.2) is 0 Å². The summed E-state index contributed by atoms with van der Waals surface area (Å²) in [7, 11) is 0. The molecule has 1 aliphatic heterocycles. The molecule has 4 nitrogen and oxygen atoms in total. The minimum atomic E-state index is -0.302. The fourth-order valence-corrected chi connectivity index (χ4v) is 3.07. The number of hydrogen-bond acceptors (Lipinski definition) is 3. The lowest BCUT2D eigenvalue weighted by Gasteiger charge is -2.21. The summed E-state index contributed by atoms with van der Waals surface area (Å²) in [5, 5.41) is 15.7. The zero-order valence-electron chi connectivity index (χ0n) is 11.2. The molecule has 0 aromatic rings. The van der Waals surface area contributed by atoms with Crippen LogP contribution in [0.4, 0.5) is 0 Å². The second kappa shape index (κ2) is 7.10. The average Bonchev–Trinajstić information content (AvgIpc) is 2.81. The van der Waals surface area contributed by atoms with Gasteiger partial charge in [0.2, 0.25) is 5.91 Å². The summed E-state index contributed by atoms with van der Waals surface area (Å²) in [6, 6.07) is 0. The Morgan fingerprint density at radius 2 is 2.00 bits per heavy atom. The van der Waals surface area contributed by atoms with E-state index in [0.717, 1.165) is 18.9 Å². The number of nitrogens with one attached hydrogen (secondary N) is 2. The van der Waals surface area contributed by atoms with Crippen molar-refractivity contribution >= 4 is 5.91 Å². The Bertz CT molecular complexity index is 265. The molecule has 0 aromatic carbocycles. The third-order valence-corrected chi connectivity index (χ3v) is 4.37. The number of aliphatic hydroxyl groups is 1. The fourth-order valence-electron chi connectivity index (χ4n) is 3.07. The summed E-state index contributed by atoms with van der Waals surface area (Å²) in [4.78, 5) is 11.7. The molecule has 2 atom stereocenters. The molecule has 0 spiro atoms. The maximum absolute atomic E-state index is 11.7. The third-order valence-electron chi connectivity index (χ3n) is 4.37. The predicted molar refractivity (Wildman–Crippen MR) is 71.2 cm³/mol.